The summed E-state index contributed by atoms with van der Waals surface area (Å²) in [6, 6.07) is 9.20. The summed E-state index contributed by atoms with van der Waals surface area (Å²) in [5.74, 6) is 0.735. The number of rotatable bonds is 9. The van der Waals surface area contributed by atoms with Crippen LogP contribution in [0.4, 0.5) is 5.69 Å². The van der Waals surface area contributed by atoms with Gasteiger partial charge in [-0.25, -0.2) is 18.1 Å². The first-order chi connectivity index (χ1) is 20.7. The molecular weight excluding hydrogens is 617 g/mol. The number of fused-ring (bicyclic) bond motifs is 2. The number of aromatic nitrogens is 2. The van der Waals surface area contributed by atoms with Crippen molar-refractivity contribution in [3.63, 3.8) is 0 Å². The number of sulfonamides is 1. The molecule has 1 amide bonds. The Kier molecular flexibility index (Phi) is 7.63. The van der Waals surface area contributed by atoms with E-state index in [-0.39, 0.29) is 37.2 Å². The monoisotopic (exact) mass is 647 g/mol. The number of piperidine rings is 1. The van der Waals surface area contributed by atoms with Gasteiger partial charge in [-0.15, -0.1) is 0 Å². The number of benzene rings is 1. The minimum Gasteiger partial charge on any atom is -0.373 e. The van der Waals surface area contributed by atoms with Crippen LogP contribution in [-0.2, 0) is 26.1 Å². The van der Waals surface area contributed by atoms with Gasteiger partial charge in [0, 0.05) is 35.0 Å². The Morgan fingerprint density at radius 3 is 2.63 bits per heavy atom. The summed E-state index contributed by atoms with van der Waals surface area (Å²) in [7, 11) is -3.93. The number of anilines is 1. The second-order valence-corrected chi connectivity index (χ2v) is 14.3. The van der Waals surface area contributed by atoms with Crippen molar-refractivity contribution in [1.29, 1.82) is 0 Å². The maximum atomic E-state index is 12.6. The highest BCUT2D eigenvalue weighted by atomic mass is 35.5. The Labute approximate surface area is 259 Å². The van der Waals surface area contributed by atoms with Crippen LogP contribution < -0.4 is 14.9 Å². The molecule has 2 saturated heterocycles. The third kappa shape index (κ3) is 5.42. The van der Waals surface area contributed by atoms with Gasteiger partial charge < -0.3 is 18.9 Å². The number of nitrogens with one attached hydrogen (secondary N) is 2. The lowest BCUT2D eigenvalue weighted by Crippen LogP contribution is -2.45. The third-order valence-corrected chi connectivity index (χ3v) is 11.1. The molecule has 14 heteroatoms. The van der Waals surface area contributed by atoms with E-state index in [9.17, 15) is 13.2 Å². The van der Waals surface area contributed by atoms with E-state index in [1.165, 1.54) is 0 Å². The second-order valence-electron chi connectivity index (χ2n) is 11.6. The fourth-order valence-corrected chi connectivity index (χ4v) is 8.30. The van der Waals surface area contributed by atoms with E-state index >= 15 is 0 Å². The van der Waals surface area contributed by atoms with Crippen LogP contribution in [-0.4, -0.2) is 61.4 Å². The lowest BCUT2D eigenvalue weighted by Gasteiger charge is -2.38. The van der Waals surface area contributed by atoms with Gasteiger partial charge in [0.2, 0.25) is 0 Å². The molecule has 7 rings (SSSR count). The van der Waals surface area contributed by atoms with Crippen LogP contribution >= 0.6 is 23.2 Å². The first kappa shape index (κ1) is 29.0. The fraction of sp³-hybridized carbons (Fsp3) is 0.483. The van der Waals surface area contributed by atoms with Crippen molar-refractivity contribution >= 4 is 44.8 Å². The van der Waals surface area contributed by atoms with Gasteiger partial charge in [-0.3, -0.25) is 10.1 Å². The average Bonchev–Trinajstić information content (AvgIpc) is 3.34. The van der Waals surface area contributed by atoms with Gasteiger partial charge in [-0.2, -0.15) is 0 Å². The van der Waals surface area contributed by atoms with Crippen LogP contribution in [0.3, 0.4) is 0 Å². The first-order valence-corrected chi connectivity index (χ1v) is 16.7. The number of nitrogens with zero attached hydrogens (tertiary/aromatic N) is 3. The zero-order chi connectivity index (χ0) is 29.9. The summed E-state index contributed by atoms with van der Waals surface area (Å²) in [5, 5.41) is 7.13. The van der Waals surface area contributed by atoms with E-state index in [1.807, 2.05) is 12.1 Å². The van der Waals surface area contributed by atoms with Crippen molar-refractivity contribution in [2.24, 2.45) is 5.92 Å². The molecular formula is C29H31Cl2N5O6S. The Bertz CT molecular complexity index is 1620. The van der Waals surface area contributed by atoms with Crippen molar-refractivity contribution in [1.82, 2.24) is 20.2 Å². The predicted octanol–water partition coefficient (Wildman–Crippen LogP) is 4.46. The number of halogens is 2. The number of carbonyl (C=O) groups excluding carboxylic acids is 1. The van der Waals surface area contributed by atoms with Crippen LogP contribution in [0, 0.1) is 5.92 Å². The van der Waals surface area contributed by atoms with Gasteiger partial charge in [0.05, 0.1) is 48.0 Å². The van der Waals surface area contributed by atoms with Crippen LogP contribution in [0.15, 0.2) is 41.1 Å². The van der Waals surface area contributed by atoms with Gasteiger partial charge in [-0.1, -0.05) is 34.4 Å². The van der Waals surface area contributed by atoms with Gasteiger partial charge in [0.1, 0.15) is 17.1 Å². The molecule has 2 saturated carbocycles. The molecule has 1 unspecified atom stereocenters. The number of carbonyl (C=O) groups is 1. The van der Waals surface area contributed by atoms with Crippen LogP contribution in [0.5, 0.6) is 0 Å². The molecule has 4 fully saturated rings. The lowest BCUT2D eigenvalue weighted by molar-refractivity contribution is 0.00367. The quantitative estimate of drug-likeness (QED) is 0.343. The summed E-state index contributed by atoms with van der Waals surface area (Å²) < 4.78 is 44.3. The van der Waals surface area contributed by atoms with Crippen LogP contribution in [0.2, 0.25) is 10.0 Å². The summed E-state index contributed by atoms with van der Waals surface area (Å²) >= 11 is 13.0. The molecule has 4 aliphatic rings. The van der Waals surface area contributed by atoms with Gasteiger partial charge >= 0.3 is 0 Å². The van der Waals surface area contributed by atoms with Crippen molar-refractivity contribution in [2.75, 3.05) is 18.2 Å². The fourth-order valence-electron chi connectivity index (χ4n) is 6.66. The average molecular weight is 649 g/mol. The molecule has 2 aliphatic heterocycles. The van der Waals surface area contributed by atoms with Gasteiger partial charge in [0.25, 0.3) is 15.9 Å². The van der Waals surface area contributed by atoms with E-state index < -0.39 is 21.3 Å². The Morgan fingerprint density at radius 2 is 1.98 bits per heavy atom. The van der Waals surface area contributed by atoms with Crippen molar-refractivity contribution in [2.45, 2.75) is 68.7 Å². The third-order valence-electron chi connectivity index (χ3n) is 8.96. The molecule has 1 aromatic carbocycles. The minimum atomic E-state index is -3.93. The zero-order valence-electron chi connectivity index (χ0n) is 23.3. The first-order valence-electron chi connectivity index (χ1n) is 14.4. The normalized spacial score (nSPS) is 26.8. The van der Waals surface area contributed by atoms with E-state index in [2.05, 4.69) is 32.0 Å². The molecule has 2 N–H and O–H groups in total. The van der Waals surface area contributed by atoms with Crippen molar-refractivity contribution in [3.8, 4) is 11.3 Å². The maximum absolute atomic E-state index is 12.6. The molecule has 11 nitrogen and oxygen atoms in total. The molecule has 0 radical (unpaired) electrons. The summed E-state index contributed by atoms with van der Waals surface area (Å²) in [4.78, 5) is 19.2. The number of ether oxygens (including phenoxy) is 2. The van der Waals surface area contributed by atoms with E-state index in [4.69, 9.17) is 37.2 Å². The molecule has 2 bridgehead atoms. The zero-order valence-corrected chi connectivity index (χ0v) is 25.7. The van der Waals surface area contributed by atoms with Crippen molar-refractivity contribution < 1.29 is 27.2 Å². The Balaban J connectivity index is 1.02. The largest absolute Gasteiger partial charge is 0.373 e. The second kappa shape index (κ2) is 11.3. The van der Waals surface area contributed by atoms with E-state index in [0.717, 1.165) is 42.7 Å². The lowest BCUT2D eigenvalue weighted by atomic mass is 9.96. The summed E-state index contributed by atoms with van der Waals surface area (Å²) in [6.45, 7) is 2.64. The molecule has 5 atom stereocenters. The van der Waals surface area contributed by atoms with E-state index in [1.54, 1.807) is 24.4 Å². The predicted molar refractivity (Wildman–Crippen MR) is 159 cm³/mol. The number of hydrogen-bond acceptors (Lipinski definition) is 10. The van der Waals surface area contributed by atoms with Crippen LogP contribution in [0.25, 0.3) is 11.3 Å². The Morgan fingerprint density at radius 1 is 1.19 bits per heavy atom. The smallest absolute Gasteiger partial charge is 0.283 e. The molecule has 3 aromatic rings. The van der Waals surface area contributed by atoms with Gasteiger partial charge in [-0.05, 0) is 56.9 Å². The summed E-state index contributed by atoms with van der Waals surface area (Å²) in [5.41, 5.74) is 3.14. The highest BCUT2D eigenvalue weighted by molar-refractivity contribution is 7.90. The molecule has 4 heterocycles. The highest BCUT2D eigenvalue weighted by Gasteiger charge is 2.50. The minimum absolute atomic E-state index is 0.0212. The molecule has 2 aliphatic carbocycles. The number of amides is 1. The van der Waals surface area contributed by atoms with Crippen molar-refractivity contribution in [3.05, 3.63) is 63.6 Å². The maximum Gasteiger partial charge on any atom is 0.283 e. The SMILES string of the molecule is C[C@@H]1[C@@H]2C[C@@H](C[C@H]2OCc2c(-c3c(Cl)cccc3Cl)noc2C2CC2)N1c1ccc(C(=O)NS(=O)(=O)C2COCN2)nc1. The number of hydrogen-bond donors (Lipinski definition) is 2. The Hall–Kier alpha value is -2.74. The van der Waals surface area contributed by atoms with Crippen LogP contribution in [0.1, 0.15) is 60.3 Å². The molecule has 43 heavy (non-hydrogen) atoms. The summed E-state index contributed by atoms with van der Waals surface area (Å²) in [6.07, 6.45) is 5.64. The van der Waals surface area contributed by atoms with Gasteiger partial charge in [0.15, 0.2) is 5.37 Å². The topological polar surface area (TPSA) is 136 Å². The van der Waals surface area contributed by atoms with E-state index in [0.29, 0.717) is 39.7 Å². The molecule has 2 aromatic heterocycles. The molecule has 228 valence electrons. The highest BCUT2D eigenvalue weighted by Crippen LogP contribution is 2.48. The number of pyridine rings is 1. The molecule has 0 spiro atoms. The standard InChI is InChI=1S/C29H31Cl2N5O6S/c1-15-19-9-18(36(15)17-7-8-23(32-11-17)29(37)35-43(38,39)25-13-40-14-33-25)10-24(19)41-12-20-27(34-42-28(20)16-5-6-16)26-21(30)3-2-4-22(26)31/h2-4,7-8,11,15-16,18-19,24-25,33H,5-6,9-10,12-14H2,1H3,(H,35,37)/t15-,18+,19+,24-,25?/m1/s1.